The molecule has 0 spiro atoms. The minimum Gasteiger partial charge on any atom is -0.388 e. The summed E-state index contributed by atoms with van der Waals surface area (Å²) >= 11 is 0. The monoisotopic (exact) mass is 245 g/mol. The summed E-state index contributed by atoms with van der Waals surface area (Å²) in [6.45, 7) is 0.407. The van der Waals surface area contributed by atoms with E-state index in [0.29, 0.717) is 6.54 Å². The zero-order valence-corrected chi connectivity index (χ0v) is 10.5. The van der Waals surface area contributed by atoms with Gasteiger partial charge in [-0.15, -0.1) is 0 Å². The van der Waals surface area contributed by atoms with E-state index < -0.39 is 5.60 Å². The molecule has 0 aromatic heterocycles. The fraction of sp³-hybridized carbons (Fsp3) is 0.533. The molecule has 1 aromatic carbocycles. The number of fused-ring (bicyclic) bond motifs is 1. The minimum absolute atomic E-state index is 0.00815. The number of carbonyl (C=O) groups excluding carboxylic acids is 1. The van der Waals surface area contributed by atoms with Gasteiger partial charge in [-0.3, -0.25) is 4.79 Å². The zero-order valence-electron chi connectivity index (χ0n) is 10.5. The van der Waals surface area contributed by atoms with Crippen LogP contribution >= 0.6 is 0 Å². The lowest BCUT2D eigenvalue weighted by atomic mass is 9.77. The Kier molecular flexibility index (Phi) is 2.86. The van der Waals surface area contributed by atoms with Crippen molar-refractivity contribution in [3.8, 4) is 0 Å². The Hall–Kier alpha value is -1.35. The first-order valence-corrected chi connectivity index (χ1v) is 6.76. The second kappa shape index (κ2) is 4.39. The predicted molar refractivity (Wildman–Crippen MR) is 69.3 cm³/mol. The Bertz CT molecular complexity index is 463. The van der Waals surface area contributed by atoms with Crippen LogP contribution < -0.4 is 5.32 Å². The van der Waals surface area contributed by atoms with Crippen molar-refractivity contribution < 1.29 is 9.90 Å². The summed E-state index contributed by atoms with van der Waals surface area (Å²) in [4.78, 5) is 12.1. The van der Waals surface area contributed by atoms with Crippen LogP contribution in [0.4, 0.5) is 0 Å². The topological polar surface area (TPSA) is 49.3 Å². The third kappa shape index (κ3) is 2.03. The standard InChI is InChI=1S/C15H19NO2/c17-14(16-10-15(18)7-3-4-8-15)13-9-11-5-1-2-6-12(11)13/h1-2,5-6,13,18H,3-4,7-10H2,(H,16,17). The van der Waals surface area contributed by atoms with Gasteiger partial charge < -0.3 is 10.4 Å². The molecule has 0 heterocycles. The van der Waals surface area contributed by atoms with Gasteiger partial charge in [0.15, 0.2) is 0 Å². The van der Waals surface area contributed by atoms with Crippen LogP contribution in [-0.2, 0) is 11.2 Å². The van der Waals surface area contributed by atoms with Gasteiger partial charge in [-0.05, 0) is 30.4 Å². The van der Waals surface area contributed by atoms with E-state index in [9.17, 15) is 9.90 Å². The number of rotatable bonds is 3. The van der Waals surface area contributed by atoms with Crippen molar-refractivity contribution in [3.63, 3.8) is 0 Å². The molecule has 3 rings (SSSR count). The number of benzene rings is 1. The van der Waals surface area contributed by atoms with Gasteiger partial charge in [0, 0.05) is 6.54 Å². The maximum Gasteiger partial charge on any atom is 0.227 e. The summed E-state index contributed by atoms with van der Waals surface area (Å²) in [5, 5.41) is 13.1. The van der Waals surface area contributed by atoms with Gasteiger partial charge in [-0.2, -0.15) is 0 Å². The average Bonchev–Trinajstić information content (AvgIpc) is 2.76. The Morgan fingerprint density at radius 1 is 1.33 bits per heavy atom. The van der Waals surface area contributed by atoms with Gasteiger partial charge in [0.05, 0.1) is 11.5 Å². The van der Waals surface area contributed by atoms with Gasteiger partial charge in [-0.1, -0.05) is 37.1 Å². The highest BCUT2D eigenvalue weighted by atomic mass is 16.3. The summed E-state index contributed by atoms with van der Waals surface area (Å²) in [5.41, 5.74) is 1.77. The van der Waals surface area contributed by atoms with Crippen molar-refractivity contribution in [1.29, 1.82) is 0 Å². The number of carbonyl (C=O) groups is 1. The van der Waals surface area contributed by atoms with E-state index in [2.05, 4.69) is 11.4 Å². The van der Waals surface area contributed by atoms with E-state index in [4.69, 9.17) is 0 Å². The second-order valence-corrected chi connectivity index (χ2v) is 5.60. The largest absolute Gasteiger partial charge is 0.388 e. The molecule has 1 amide bonds. The van der Waals surface area contributed by atoms with Gasteiger partial charge >= 0.3 is 0 Å². The third-order valence-corrected chi connectivity index (χ3v) is 4.30. The van der Waals surface area contributed by atoms with Crippen molar-refractivity contribution >= 4 is 5.91 Å². The van der Waals surface area contributed by atoms with Crippen LogP contribution in [0.3, 0.4) is 0 Å². The van der Waals surface area contributed by atoms with Crippen LogP contribution in [0, 0.1) is 0 Å². The maximum absolute atomic E-state index is 12.1. The van der Waals surface area contributed by atoms with Crippen LogP contribution in [-0.4, -0.2) is 23.2 Å². The Morgan fingerprint density at radius 3 is 2.78 bits per heavy atom. The molecule has 1 unspecified atom stereocenters. The van der Waals surface area contributed by atoms with Crippen molar-refractivity contribution in [3.05, 3.63) is 35.4 Å². The van der Waals surface area contributed by atoms with Crippen molar-refractivity contribution in [2.24, 2.45) is 0 Å². The molecule has 2 aliphatic rings. The van der Waals surface area contributed by atoms with Gasteiger partial charge in [0.1, 0.15) is 0 Å². The van der Waals surface area contributed by atoms with E-state index in [-0.39, 0.29) is 11.8 Å². The van der Waals surface area contributed by atoms with Crippen LogP contribution in [0.2, 0.25) is 0 Å². The first-order chi connectivity index (χ1) is 8.68. The van der Waals surface area contributed by atoms with Crippen molar-refractivity contribution in [1.82, 2.24) is 5.32 Å². The molecule has 2 aliphatic carbocycles. The summed E-state index contributed by atoms with van der Waals surface area (Å²) in [6, 6.07) is 8.08. The lowest BCUT2D eigenvalue weighted by Crippen LogP contribution is -2.44. The molecule has 1 atom stereocenters. The molecule has 18 heavy (non-hydrogen) atoms. The molecule has 2 N–H and O–H groups in total. The van der Waals surface area contributed by atoms with Gasteiger partial charge in [0.2, 0.25) is 5.91 Å². The van der Waals surface area contributed by atoms with Crippen LogP contribution in [0.5, 0.6) is 0 Å². The van der Waals surface area contributed by atoms with E-state index in [1.54, 1.807) is 0 Å². The molecule has 3 heteroatoms. The van der Waals surface area contributed by atoms with Crippen LogP contribution in [0.25, 0.3) is 0 Å². The minimum atomic E-state index is -0.654. The number of amides is 1. The molecule has 96 valence electrons. The fourth-order valence-corrected chi connectivity index (χ4v) is 3.08. The molecule has 0 saturated heterocycles. The molecular weight excluding hydrogens is 226 g/mol. The SMILES string of the molecule is O=C(NCC1(O)CCCC1)C1Cc2ccccc21. The number of hydrogen-bond donors (Lipinski definition) is 2. The highest BCUT2D eigenvalue weighted by Crippen LogP contribution is 2.35. The smallest absolute Gasteiger partial charge is 0.227 e. The first kappa shape index (κ1) is 11.7. The van der Waals surface area contributed by atoms with Crippen LogP contribution in [0.15, 0.2) is 24.3 Å². The van der Waals surface area contributed by atoms with E-state index in [0.717, 1.165) is 37.7 Å². The van der Waals surface area contributed by atoms with Gasteiger partial charge in [0.25, 0.3) is 0 Å². The summed E-state index contributed by atoms with van der Waals surface area (Å²) in [5.74, 6) is 0.0558. The zero-order chi connectivity index (χ0) is 12.6. The molecule has 1 aromatic rings. The Balaban J connectivity index is 1.58. The van der Waals surface area contributed by atoms with Gasteiger partial charge in [-0.25, -0.2) is 0 Å². The van der Waals surface area contributed by atoms with Crippen molar-refractivity contribution in [2.75, 3.05) is 6.54 Å². The van der Waals surface area contributed by atoms with Crippen molar-refractivity contribution in [2.45, 2.75) is 43.6 Å². The van der Waals surface area contributed by atoms with E-state index in [1.807, 2.05) is 18.2 Å². The van der Waals surface area contributed by atoms with E-state index in [1.165, 1.54) is 5.56 Å². The molecular formula is C15H19NO2. The predicted octanol–water partition coefficient (Wildman–Crippen LogP) is 1.75. The molecule has 0 bridgehead atoms. The molecule has 1 fully saturated rings. The third-order valence-electron chi connectivity index (χ3n) is 4.30. The number of aliphatic hydroxyl groups is 1. The lowest BCUT2D eigenvalue weighted by Gasteiger charge is -2.30. The lowest BCUT2D eigenvalue weighted by molar-refractivity contribution is -0.124. The number of nitrogens with one attached hydrogen (secondary N) is 1. The van der Waals surface area contributed by atoms with E-state index >= 15 is 0 Å². The Labute approximate surface area is 107 Å². The highest BCUT2D eigenvalue weighted by molar-refractivity contribution is 5.86. The molecule has 1 saturated carbocycles. The first-order valence-electron chi connectivity index (χ1n) is 6.76. The normalized spacial score (nSPS) is 24.2. The summed E-state index contributed by atoms with van der Waals surface area (Å²) < 4.78 is 0. The van der Waals surface area contributed by atoms with Crippen LogP contribution in [0.1, 0.15) is 42.7 Å². The maximum atomic E-state index is 12.1. The Morgan fingerprint density at radius 2 is 2.06 bits per heavy atom. The fourth-order valence-electron chi connectivity index (χ4n) is 3.08. The summed E-state index contributed by atoms with van der Waals surface area (Å²) in [7, 11) is 0. The molecule has 3 nitrogen and oxygen atoms in total. The molecule has 0 radical (unpaired) electrons. The highest BCUT2D eigenvalue weighted by Gasteiger charge is 2.35. The second-order valence-electron chi connectivity index (χ2n) is 5.60. The number of hydrogen-bond acceptors (Lipinski definition) is 2. The summed E-state index contributed by atoms with van der Waals surface area (Å²) in [6.07, 6.45) is 4.60. The molecule has 0 aliphatic heterocycles. The average molecular weight is 245 g/mol. The quantitative estimate of drug-likeness (QED) is 0.852.